The van der Waals surface area contributed by atoms with E-state index in [2.05, 4.69) is 31.6 Å². The zero-order chi connectivity index (χ0) is 31.8. The summed E-state index contributed by atoms with van der Waals surface area (Å²) >= 11 is 13.9. The summed E-state index contributed by atoms with van der Waals surface area (Å²) in [5.41, 5.74) is 6.03. The van der Waals surface area contributed by atoms with Crippen LogP contribution in [0.1, 0.15) is 40.4 Å². The van der Waals surface area contributed by atoms with E-state index in [-0.39, 0.29) is 5.82 Å². The predicted octanol–water partition coefficient (Wildman–Crippen LogP) is 6.44. The van der Waals surface area contributed by atoms with E-state index in [1.807, 2.05) is 49.6 Å². The highest BCUT2D eigenvalue weighted by Gasteiger charge is 2.25. The van der Waals surface area contributed by atoms with Crippen molar-refractivity contribution in [3.63, 3.8) is 0 Å². The van der Waals surface area contributed by atoms with Crippen LogP contribution in [-0.4, -0.2) is 61.3 Å². The Balaban J connectivity index is 1.13. The van der Waals surface area contributed by atoms with E-state index >= 15 is 0 Å². The zero-order valence-corrected chi connectivity index (χ0v) is 26.8. The molecule has 2 aliphatic rings. The van der Waals surface area contributed by atoms with E-state index < -0.39 is 5.91 Å². The zero-order valence-electron chi connectivity index (χ0n) is 25.3. The first kappa shape index (κ1) is 30.2. The van der Waals surface area contributed by atoms with Crippen molar-refractivity contribution in [2.24, 2.45) is 7.05 Å². The average Bonchev–Trinajstić information content (AvgIpc) is 3.70. The molecule has 46 heavy (non-hydrogen) atoms. The topological polar surface area (TPSA) is 108 Å². The summed E-state index contributed by atoms with van der Waals surface area (Å²) in [5, 5.41) is 8.09. The largest absolute Gasteiger partial charge is 0.339 e. The Morgan fingerprint density at radius 3 is 2.48 bits per heavy atom. The molecule has 2 aliphatic heterocycles. The molecule has 1 fully saturated rings. The van der Waals surface area contributed by atoms with E-state index in [1.165, 1.54) is 18.4 Å². The molecule has 0 spiro atoms. The van der Waals surface area contributed by atoms with E-state index in [4.69, 9.17) is 28.2 Å². The number of imidazole rings is 1. The minimum atomic E-state index is -0.395. The van der Waals surface area contributed by atoms with Crippen molar-refractivity contribution in [2.45, 2.75) is 32.4 Å². The molecule has 12 heteroatoms. The van der Waals surface area contributed by atoms with Gasteiger partial charge in [0.1, 0.15) is 5.52 Å². The van der Waals surface area contributed by atoms with Crippen LogP contribution in [0.5, 0.6) is 0 Å². The van der Waals surface area contributed by atoms with Gasteiger partial charge in [-0.25, -0.2) is 9.97 Å². The van der Waals surface area contributed by atoms with Crippen LogP contribution in [0.2, 0.25) is 10.0 Å². The van der Waals surface area contributed by atoms with Crippen LogP contribution < -0.4 is 10.6 Å². The summed E-state index contributed by atoms with van der Waals surface area (Å²) in [7, 11) is 1.81. The molecule has 5 heterocycles. The van der Waals surface area contributed by atoms with Crippen molar-refractivity contribution in [1.29, 1.82) is 0 Å². The van der Waals surface area contributed by atoms with Gasteiger partial charge < -0.3 is 20.1 Å². The molecule has 1 saturated heterocycles. The lowest BCUT2D eigenvalue weighted by Crippen LogP contribution is -2.29. The summed E-state index contributed by atoms with van der Waals surface area (Å²) in [6.45, 7) is 4.12. The Hall–Kier alpha value is -4.51. The van der Waals surface area contributed by atoms with Crippen molar-refractivity contribution in [1.82, 2.24) is 29.3 Å². The van der Waals surface area contributed by atoms with Crippen LogP contribution in [0, 0.1) is 0 Å². The SMILES string of the molecule is Cn1c(C(=O)Nc2cccc(-c3cccc(Nc4nccc5cc(CN6CCCC6)cnc45)c3Cl)c2Cl)nc2c1CCN(C=O)C2. The number of nitrogens with one attached hydrogen (secondary N) is 2. The number of likely N-dealkylation sites (tertiary alicyclic amines) is 1. The number of amides is 2. The number of rotatable bonds is 8. The monoisotopic (exact) mass is 654 g/mol. The van der Waals surface area contributed by atoms with Gasteiger partial charge in [-0.1, -0.05) is 47.5 Å². The smallest absolute Gasteiger partial charge is 0.291 e. The maximum atomic E-state index is 13.4. The van der Waals surface area contributed by atoms with E-state index in [1.54, 1.807) is 21.7 Å². The fraction of sp³-hybridized carbons (Fsp3) is 0.265. The molecule has 2 N–H and O–H groups in total. The van der Waals surface area contributed by atoms with Gasteiger partial charge in [-0.05, 0) is 55.8 Å². The predicted molar refractivity (Wildman–Crippen MR) is 181 cm³/mol. The second-order valence-corrected chi connectivity index (χ2v) is 12.4. The normalized spacial score (nSPS) is 14.8. The molecule has 0 saturated carbocycles. The van der Waals surface area contributed by atoms with Crippen LogP contribution in [0.15, 0.2) is 60.9 Å². The summed E-state index contributed by atoms with van der Waals surface area (Å²) in [6, 6.07) is 15.2. The number of carbonyl (C=O) groups is 2. The van der Waals surface area contributed by atoms with Crippen LogP contribution in [0.25, 0.3) is 22.0 Å². The van der Waals surface area contributed by atoms with Crippen molar-refractivity contribution in [2.75, 3.05) is 30.3 Å². The fourth-order valence-electron chi connectivity index (χ4n) is 6.30. The number of anilines is 3. The maximum absolute atomic E-state index is 13.4. The molecular formula is C34H32Cl2N8O2. The lowest BCUT2D eigenvalue weighted by atomic mass is 10.0. The molecular weight excluding hydrogens is 623 g/mol. The molecule has 5 aromatic rings. The highest BCUT2D eigenvalue weighted by molar-refractivity contribution is 6.39. The van der Waals surface area contributed by atoms with Crippen LogP contribution in [0.3, 0.4) is 0 Å². The van der Waals surface area contributed by atoms with Gasteiger partial charge >= 0.3 is 0 Å². The van der Waals surface area contributed by atoms with Gasteiger partial charge in [-0.2, -0.15) is 0 Å². The molecule has 10 nitrogen and oxygen atoms in total. The Morgan fingerprint density at radius 2 is 1.72 bits per heavy atom. The van der Waals surface area contributed by atoms with Gasteiger partial charge in [-0.15, -0.1) is 0 Å². The van der Waals surface area contributed by atoms with E-state index in [9.17, 15) is 9.59 Å². The third-order valence-electron chi connectivity index (χ3n) is 8.69. The molecule has 0 unspecified atom stereocenters. The number of nitrogens with zero attached hydrogens (tertiary/aromatic N) is 6. The minimum absolute atomic E-state index is 0.253. The third kappa shape index (κ3) is 5.79. The lowest BCUT2D eigenvalue weighted by molar-refractivity contribution is -0.119. The standard InChI is InChI=1S/C34H32Cl2N8O2/c1-42-28-11-15-44(20-45)19-27(28)40-33(42)34(46)41-26-9-5-7-24(30(26)36)23-6-4-8-25(29(23)35)39-32-31-22(10-12-37-32)16-21(17-38-31)18-43-13-2-3-14-43/h4-10,12,16-17,20H,2-3,11,13-15,18-19H2,1H3,(H,37,39)(H,41,46). The third-order valence-corrected chi connectivity index (χ3v) is 9.50. The number of hydrogen-bond acceptors (Lipinski definition) is 7. The summed E-state index contributed by atoms with van der Waals surface area (Å²) in [5.74, 6) is 0.460. The number of carbonyl (C=O) groups excluding carboxylic acids is 2. The summed E-state index contributed by atoms with van der Waals surface area (Å²) < 4.78 is 1.78. The first-order valence-electron chi connectivity index (χ1n) is 15.2. The van der Waals surface area contributed by atoms with Gasteiger partial charge in [0.05, 0.1) is 33.7 Å². The molecule has 7 rings (SSSR count). The average molecular weight is 656 g/mol. The molecule has 0 aliphatic carbocycles. The fourth-order valence-corrected chi connectivity index (χ4v) is 6.85. The van der Waals surface area contributed by atoms with E-state index in [0.717, 1.165) is 48.3 Å². The Kier molecular flexibility index (Phi) is 8.33. The number of fused-ring (bicyclic) bond motifs is 2. The second-order valence-electron chi connectivity index (χ2n) is 11.7. The molecule has 2 aromatic carbocycles. The van der Waals surface area contributed by atoms with Crippen molar-refractivity contribution < 1.29 is 9.59 Å². The van der Waals surface area contributed by atoms with Crippen LogP contribution in [-0.2, 0) is 31.4 Å². The Labute approximate surface area is 276 Å². The highest BCUT2D eigenvalue weighted by Crippen LogP contribution is 2.41. The number of pyridine rings is 2. The van der Waals surface area contributed by atoms with Crippen LogP contribution in [0.4, 0.5) is 17.2 Å². The molecule has 0 radical (unpaired) electrons. The molecule has 2 amide bonds. The number of benzene rings is 2. The van der Waals surface area contributed by atoms with Gasteiger partial charge in [0.25, 0.3) is 5.91 Å². The molecule has 234 valence electrons. The van der Waals surface area contributed by atoms with Crippen LogP contribution >= 0.6 is 23.2 Å². The summed E-state index contributed by atoms with van der Waals surface area (Å²) in [4.78, 5) is 42.6. The van der Waals surface area contributed by atoms with Gasteiger partial charge in [0, 0.05) is 61.2 Å². The lowest BCUT2D eigenvalue weighted by Gasteiger charge is -2.22. The number of aromatic nitrogens is 4. The van der Waals surface area contributed by atoms with Crippen molar-refractivity contribution in [3.05, 3.63) is 93.7 Å². The van der Waals surface area contributed by atoms with Gasteiger partial charge in [0.2, 0.25) is 6.41 Å². The van der Waals surface area contributed by atoms with Gasteiger partial charge in [-0.3, -0.25) is 19.5 Å². The Bertz CT molecular complexity index is 1970. The maximum Gasteiger partial charge on any atom is 0.291 e. The molecule has 0 atom stereocenters. The number of halogens is 2. The molecule has 0 bridgehead atoms. The Morgan fingerprint density at radius 1 is 0.978 bits per heavy atom. The quantitative estimate of drug-likeness (QED) is 0.185. The van der Waals surface area contributed by atoms with Crippen molar-refractivity contribution >= 4 is 63.6 Å². The van der Waals surface area contributed by atoms with Crippen molar-refractivity contribution in [3.8, 4) is 11.1 Å². The first-order valence-corrected chi connectivity index (χ1v) is 16.0. The number of hydrogen-bond donors (Lipinski definition) is 2. The first-order chi connectivity index (χ1) is 22.4. The van der Waals surface area contributed by atoms with E-state index in [0.29, 0.717) is 57.9 Å². The second kappa shape index (κ2) is 12.7. The minimum Gasteiger partial charge on any atom is -0.339 e. The molecule has 3 aromatic heterocycles. The highest BCUT2D eigenvalue weighted by atomic mass is 35.5. The summed E-state index contributed by atoms with van der Waals surface area (Å²) in [6.07, 6.45) is 7.62. The van der Waals surface area contributed by atoms with Gasteiger partial charge in [0.15, 0.2) is 11.6 Å².